The van der Waals surface area contributed by atoms with Crippen LogP contribution in [0.25, 0.3) is 0 Å². The number of rotatable bonds is 6. The summed E-state index contributed by atoms with van der Waals surface area (Å²) >= 11 is 0. The minimum absolute atomic E-state index is 0.00722. The van der Waals surface area contributed by atoms with Gasteiger partial charge in [0.25, 0.3) is 0 Å². The molecule has 2 aliphatic heterocycles. The second kappa shape index (κ2) is 8.65. The SMILES string of the molecule is Cn1c(O)c(CC(=O)NCC2CCN(Cc3cccc4c3OC(C)(C)C4)CC2)n(C)c1=O. The van der Waals surface area contributed by atoms with E-state index in [1.807, 2.05) is 0 Å². The van der Waals surface area contributed by atoms with Crippen molar-refractivity contribution in [3.63, 3.8) is 0 Å². The summed E-state index contributed by atoms with van der Waals surface area (Å²) in [4.78, 5) is 26.7. The van der Waals surface area contributed by atoms with E-state index in [2.05, 4.69) is 42.3 Å². The number of ether oxygens (including phenoxy) is 1. The molecule has 1 aromatic carbocycles. The average molecular weight is 443 g/mol. The summed E-state index contributed by atoms with van der Waals surface area (Å²) in [5.74, 6) is 1.16. The number of piperidine rings is 1. The Labute approximate surface area is 188 Å². The molecule has 2 aromatic rings. The van der Waals surface area contributed by atoms with Gasteiger partial charge < -0.3 is 15.2 Å². The third kappa shape index (κ3) is 4.55. The quantitative estimate of drug-likeness (QED) is 0.711. The highest BCUT2D eigenvalue weighted by Gasteiger charge is 2.32. The molecule has 0 radical (unpaired) electrons. The molecule has 3 heterocycles. The van der Waals surface area contributed by atoms with Crippen LogP contribution in [0.5, 0.6) is 11.6 Å². The Morgan fingerprint density at radius 2 is 1.94 bits per heavy atom. The second-order valence-electron chi connectivity index (χ2n) is 9.82. The van der Waals surface area contributed by atoms with Crippen LogP contribution in [0, 0.1) is 5.92 Å². The van der Waals surface area contributed by atoms with Crippen LogP contribution in [0.4, 0.5) is 0 Å². The van der Waals surface area contributed by atoms with Crippen LogP contribution in [0.3, 0.4) is 0 Å². The number of aromatic hydroxyl groups is 1. The molecule has 0 aliphatic carbocycles. The Balaban J connectivity index is 1.25. The number of hydrogen-bond acceptors (Lipinski definition) is 5. The molecule has 1 fully saturated rings. The molecule has 2 N–H and O–H groups in total. The number of amides is 1. The smallest absolute Gasteiger partial charge is 0.330 e. The summed E-state index contributed by atoms with van der Waals surface area (Å²) < 4.78 is 8.68. The van der Waals surface area contributed by atoms with Crippen molar-refractivity contribution < 1.29 is 14.6 Å². The lowest BCUT2D eigenvalue weighted by Crippen LogP contribution is -2.39. The van der Waals surface area contributed by atoms with Crippen LogP contribution in [0.15, 0.2) is 23.0 Å². The van der Waals surface area contributed by atoms with Crippen molar-refractivity contribution in [3.8, 4) is 11.6 Å². The highest BCUT2D eigenvalue weighted by molar-refractivity contribution is 5.78. The molecule has 8 heteroatoms. The highest BCUT2D eigenvalue weighted by atomic mass is 16.5. The summed E-state index contributed by atoms with van der Waals surface area (Å²) in [5.41, 5.74) is 2.42. The van der Waals surface area contributed by atoms with Crippen molar-refractivity contribution in [3.05, 3.63) is 45.5 Å². The highest BCUT2D eigenvalue weighted by Crippen LogP contribution is 2.38. The first-order valence-electron chi connectivity index (χ1n) is 11.4. The number of carbonyl (C=O) groups is 1. The number of para-hydroxylation sites is 1. The van der Waals surface area contributed by atoms with Gasteiger partial charge in [-0.25, -0.2) is 4.79 Å². The second-order valence-corrected chi connectivity index (χ2v) is 9.82. The lowest BCUT2D eigenvalue weighted by Gasteiger charge is -2.32. The molecule has 174 valence electrons. The van der Waals surface area contributed by atoms with E-state index in [4.69, 9.17) is 4.74 Å². The Kier molecular flexibility index (Phi) is 6.07. The predicted octanol–water partition coefficient (Wildman–Crippen LogP) is 1.71. The number of imidazole rings is 1. The maximum atomic E-state index is 12.4. The van der Waals surface area contributed by atoms with Gasteiger partial charge in [-0.15, -0.1) is 0 Å². The first-order valence-corrected chi connectivity index (χ1v) is 11.4. The van der Waals surface area contributed by atoms with Crippen LogP contribution < -0.4 is 15.7 Å². The molecule has 0 saturated carbocycles. The number of benzene rings is 1. The zero-order valence-electron chi connectivity index (χ0n) is 19.5. The molecule has 0 atom stereocenters. The number of nitrogens with one attached hydrogen (secondary N) is 1. The number of hydrogen-bond donors (Lipinski definition) is 2. The summed E-state index contributed by atoms with van der Waals surface area (Å²) in [6, 6.07) is 6.45. The Morgan fingerprint density at radius 3 is 2.59 bits per heavy atom. The molecule has 2 aliphatic rings. The Hall–Kier alpha value is -2.74. The van der Waals surface area contributed by atoms with Gasteiger partial charge in [0.05, 0.1) is 12.1 Å². The van der Waals surface area contributed by atoms with E-state index in [0.717, 1.165) is 49.2 Å². The topological polar surface area (TPSA) is 88.7 Å². The molecular weight excluding hydrogens is 408 g/mol. The number of fused-ring (bicyclic) bond motifs is 1. The monoisotopic (exact) mass is 442 g/mol. The van der Waals surface area contributed by atoms with E-state index in [1.165, 1.54) is 22.7 Å². The van der Waals surface area contributed by atoms with Crippen molar-refractivity contribution in [1.82, 2.24) is 19.4 Å². The van der Waals surface area contributed by atoms with Crippen LogP contribution in [-0.2, 0) is 38.3 Å². The van der Waals surface area contributed by atoms with Gasteiger partial charge in [-0.3, -0.25) is 18.8 Å². The summed E-state index contributed by atoms with van der Waals surface area (Å²) in [6.45, 7) is 7.75. The number of nitrogens with zero attached hydrogens (tertiary/aromatic N) is 3. The molecule has 1 aromatic heterocycles. The molecule has 0 unspecified atom stereocenters. The Morgan fingerprint density at radius 1 is 1.22 bits per heavy atom. The van der Waals surface area contributed by atoms with Gasteiger partial charge in [0.1, 0.15) is 11.4 Å². The van der Waals surface area contributed by atoms with Crippen molar-refractivity contribution >= 4 is 5.91 Å². The minimum Gasteiger partial charge on any atom is -0.493 e. The Bertz CT molecular complexity index is 1060. The van der Waals surface area contributed by atoms with Gasteiger partial charge in [-0.2, -0.15) is 0 Å². The van der Waals surface area contributed by atoms with Crippen LogP contribution >= 0.6 is 0 Å². The zero-order chi connectivity index (χ0) is 23.0. The van der Waals surface area contributed by atoms with E-state index in [1.54, 1.807) is 7.05 Å². The summed E-state index contributed by atoms with van der Waals surface area (Å²) in [5, 5.41) is 13.0. The zero-order valence-corrected chi connectivity index (χ0v) is 19.5. The first-order chi connectivity index (χ1) is 15.1. The van der Waals surface area contributed by atoms with E-state index in [0.29, 0.717) is 18.2 Å². The number of carbonyl (C=O) groups excluding carboxylic acids is 1. The van der Waals surface area contributed by atoms with Crippen molar-refractivity contribution in [2.24, 2.45) is 20.0 Å². The van der Waals surface area contributed by atoms with Crippen LogP contribution in [-0.4, -0.2) is 50.3 Å². The molecule has 32 heavy (non-hydrogen) atoms. The van der Waals surface area contributed by atoms with Crippen molar-refractivity contribution in [2.45, 2.75) is 51.7 Å². The molecule has 1 amide bonds. The van der Waals surface area contributed by atoms with E-state index >= 15 is 0 Å². The molecule has 1 saturated heterocycles. The fraction of sp³-hybridized carbons (Fsp3) is 0.583. The normalized spacial score (nSPS) is 18.4. The minimum atomic E-state index is -0.337. The predicted molar refractivity (Wildman–Crippen MR) is 122 cm³/mol. The standard InChI is InChI=1S/C24H34N4O4/c1-24(2)13-17-6-5-7-18(21(17)32-24)15-28-10-8-16(9-11-28)14-25-20(29)12-19-22(30)27(4)23(31)26(19)3/h5-7,16,30H,8-15H2,1-4H3,(H,25,29). The fourth-order valence-electron chi connectivity index (χ4n) is 4.84. The van der Waals surface area contributed by atoms with Crippen molar-refractivity contribution in [2.75, 3.05) is 19.6 Å². The summed E-state index contributed by atoms with van der Waals surface area (Å²) in [7, 11) is 3.05. The maximum Gasteiger partial charge on any atom is 0.330 e. The lowest BCUT2D eigenvalue weighted by molar-refractivity contribution is -0.120. The van der Waals surface area contributed by atoms with Gasteiger partial charge >= 0.3 is 5.69 Å². The fourth-order valence-corrected chi connectivity index (χ4v) is 4.84. The van der Waals surface area contributed by atoms with Crippen LogP contribution in [0.1, 0.15) is 43.5 Å². The molecule has 0 bridgehead atoms. The number of likely N-dealkylation sites (tertiary alicyclic amines) is 1. The molecule has 0 spiro atoms. The van der Waals surface area contributed by atoms with Gasteiger partial charge in [0.15, 0.2) is 0 Å². The summed E-state index contributed by atoms with van der Waals surface area (Å²) in [6.07, 6.45) is 2.99. The number of aromatic nitrogens is 2. The average Bonchev–Trinajstić information content (AvgIpc) is 3.17. The third-order valence-electron chi connectivity index (χ3n) is 6.74. The van der Waals surface area contributed by atoms with E-state index in [-0.39, 0.29) is 29.5 Å². The maximum absolute atomic E-state index is 12.4. The van der Waals surface area contributed by atoms with Gasteiger partial charge in [0, 0.05) is 39.2 Å². The molecule has 8 nitrogen and oxygen atoms in total. The van der Waals surface area contributed by atoms with Gasteiger partial charge in [-0.1, -0.05) is 18.2 Å². The largest absolute Gasteiger partial charge is 0.493 e. The van der Waals surface area contributed by atoms with E-state index in [9.17, 15) is 14.7 Å². The third-order valence-corrected chi connectivity index (χ3v) is 6.74. The van der Waals surface area contributed by atoms with Crippen LogP contribution in [0.2, 0.25) is 0 Å². The lowest BCUT2D eigenvalue weighted by atomic mass is 9.96. The van der Waals surface area contributed by atoms with Gasteiger partial charge in [0.2, 0.25) is 11.8 Å². The first kappa shape index (κ1) is 22.5. The van der Waals surface area contributed by atoms with Crippen molar-refractivity contribution in [1.29, 1.82) is 0 Å². The molecule has 4 rings (SSSR count). The molecular formula is C24H34N4O4. The van der Waals surface area contributed by atoms with E-state index < -0.39 is 0 Å². The van der Waals surface area contributed by atoms with Gasteiger partial charge in [-0.05, 0) is 51.3 Å².